The first kappa shape index (κ1) is 26.8. The number of hydrogen-bond acceptors (Lipinski definition) is 1. The van der Waals surface area contributed by atoms with Gasteiger partial charge < -0.3 is 14.5 Å². The summed E-state index contributed by atoms with van der Waals surface area (Å²) in [6.45, 7) is 0. The van der Waals surface area contributed by atoms with Crippen LogP contribution in [0.2, 0.25) is 0 Å². The molecule has 2 heterocycles. The van der Waals surface area contributed by atoms with Crippen LogP contribution in [0.4, 0.5) is 17.1 Å². The fraction of sp³-hybridized carbons (Fsp3) is 0. The Hall–Kier alpha value is -5.58. The summed E-state index contributed by atoms with van der Waals surface area (Å²) in [5.41, 5.74) is 11.5. The minimum absolute atomic E-state index is 1.04. The number of anilines is 3. The van der Waals surface area contributed by atoms with E-state index in [-0.39, 0.29) is 0 Å². The van der Waals surface area contributed by atoms with Crippen LogP contribution in [-0.2, 0) is 0 Å². The van der Waals surface area contributed by atoms with Gasteiger partial charge in [0, 0.05) is 59.8 Å². The largest absolute Gasteiger partial charge is 0.354 e. The molecule has 0 atom stereocenters. The van der Waals surface area contributed by atoms with Crippen molar-refractivity contribution in [1.82, 2.24) is 9.55 Å². The van der Waals surface area contributed by atoms with Crippen molar-refractivity contribution in [2.45, 2.75) is 0 Å². The number of H-pyrrole nitrogens is 1. The number of benzene rings is 7. The van der Waals surface area contributed by atoms with Gasteiger partial charge in [0.25, 0.3) is 0 Å². The molecule has 0 aliphatic rings. The van der Waals surface area contributed by atoms with Crippen molar-refractivity contribution < 1.29 is 0 Å². The fourth-order valence-corrected chi connectivity index (χ4v) is 7.43. The van der Waals surface area contributed by atoms with Crippen LogP contribution >= 0.6 is 15.9 Å². The summed E-state index contributed by atoms with van der Waals surface area (Å²) >= 11 is 3.87. The Morgan fingerprint density at radius 1 is 0.478 bits per heavy atom. The Labute approximate surface area is 275 Å². The van der Waals surface area contributed by atoms with Crippen molar-refractivity contribution in [3.05, 3.63) is 168 Å². The van der Waals surface area contributed by atoms with E-state index in [4.69, 9.17) is 0 Å². The molecule has 0 unspecified atom stereocenters. The lowest BCUT2D eigenvalue weighted by atomic mass is 10.0. The van der Waals surface area contributed by atoms with Gasteiger partial charge in [-0.3, -0.25) is 0 Å². The molecule has 2 aromatic heterocycles. The number of nitrogens with one attached hydrogen (secondary N) is 1. The zero-order valence-corrected chi connectivity index (χ0v) is 26.4. The van der Waals surface area contributed by atoms with E-state index in [0.29, 0.717) is 0 Å². The molecule has 0 saturated heterocycles. The lowest BCUT2D eigenvalue weighted by molar-refractivity contribution is 1.18. The summed E-state index contributed by atoms with van der Waals surface area (Å²) in [7, 11) is 0. The van der Waals surface area contributed by atoms with Crippen molar-refractivity contribution in [2.75, 3.05) is 4.90 Å². The summed E-state index contributed by atoms with van der Waals surface area (Å²) < 4.78 is 3.43. The second-order valence-corrected chi connectivity index (χ2v) is 12.6. The second-order valence-electron chi connectivity index (χ2n) is 11.7. The summed E-state index contributed by atoms with van der Waals surface area (Å²) in [6.07, 6.45) is 0. The van der Waals surface area contributed by atoms with E-state index < -0.39 is 0 Å². The first-order valence-electron chi connectivity index (χ1n) is 15.5. The van der Waals surface area contributed by atoms with Crippen molar-refractivity contribution >= 4 is 76.6 Å². The number of fused-ring (bicyclic) bond motifs is 6. The molecule has 9 rings (SSSR count). The maximum Gasteiger partial charge on any atom is 0.0544 e. The van der Waals surface area contributed by atoms with Crippen LogP contribution in [0.5, 0.6) is 0 Å². The van der Waals surface area contributed by atoms with Gasteiger partial charge in [-0.05, 0) is 78.4 Å². The van der Waals surface area contributed by atoms with E-state index in [0.717, 1.165) is 43.8 Å². The number of para-hydroxylation sites is 5. The van der Waals surface area contributed by atoms with E-state index in [9.17, 15) is 0 Å². The van der Waals surface area contributed by atoms with Crippen LogP contribution in [-0.4, -0.2) is 9.55 Å². The highest BCUT2D eigenvalue weighted by molar-refractivity contribution is 9.10. The van der Waals surface area contributed by atoms with Gasteiger partial charge in [-0.2, -0.15) is 0 Å². The minimum atomic E-state index is 1.04. The maximum absolute atomic E-state index is 3.87. The summed E-state index contributed by atoms with van der Waals surface area (Å²) in [6, 6.07) is 58.6. The van der Waals surface area contributed by atoms with E-state index in [1.807, 2.05) is 0 Å². The van der Waals surface area contributed by atoms with Gasteiger partial charge in [-0.25, -0.2) is 0 Å². The predicted molar refractivity (Wildman–Crippen MR) is 198 cm³/mol. The smallest absolute Gasteiger partial charge is 0.0544 e. The average molecular weight is 655 g/mol. The van der Waals surface area contributed by atoms with Crippen molar-refractivity contribution in [3.63, 3.8) is 0 Å². The molecule has 0 saturated carbocycles. The van der Waals surface area contributed by atoms with Crippen LogP contribution < -0.4 is 4.90 Å². The molecule has 0 bridgehead atoms. The lowest BCUT2D eigenvalue weighted by Crippen LogP contribution is -2.09. The number of halogens is 1. The van der Waals surface area contributed by atoms with Crippen LogP contribution in [0.1, 0.15) is 0 Å². The average Bonchev–Trinajstić information content (AvgIpc) is 3.65. The number of aromatic amines is 1. The molecule has 0 fully saturated rings. The quantitative estimate of drug-likeness (QED) is 0.196. The molecule has 46 heavy (non-hydrogen) atoms. The van der Waals surface area contributed by atoms with E-state index in [2.05, 4.69) is 194 Å². The van der Waals surface area contributed by atoms with Crippen molar-refractivity contribution in [1.29, 1.82) is 0 Å². The molecular weight excluding hydrogens is 626 g/mol. The first-order chi connectivity index (χ1) is 22.7. The topological polar surface area (TPSA) is 24.0 Å². The Morgan fingerprint density at radius 2 is 1.13 bits per heavy atom. The highest BCUT2D eigenvalue weighted by Crippen LogP contribution is 2.41. The van der Waals surface area contributed by atoms with E-state index in [1.54, 1.807) is 0 Å². The highest BCUT2D eigenvalue weighted by atomic mass is 79.9. The monoisotopic (exact) mass is 653 g/mol. The molecule has 0 aliphatic carbocycles. The molecule has 9 aromatic rings. The second kappa shape index (κ2) is 10.8. The maximum atomic E-state index is 3.87. The molecule has 218 valence electrons. The zero-order chi connectivity index (χ0) is 30.6. The fourth-order valence-electron chi connectivity index (χ4n) is 6.95. The number of aromatic nitrogens is 2. The zero-order valence-electron chi connectivity index (χ0n) is 24.9. The molecule has 0 amide bonds. The minimum Gasteiger partial charge on any atom is -0.354 e. The SMILES string of the molecule is Brc1cc(-c2cccc3c2[nH]c2ccccc23)cc(-n2c3ccccc3c3cc(N(c4ccccc4)c4ccccc4)ccc32)c1. The van der Waals surface area contributed by atoms with Gasteiger partial charge in [0.2, 0.25) is 0 Å². The molecule has 4 heteroatoms. The number of rotatable bonds is 5. The molecule has 0 spiro atoms. The normalized spacial score (nSPS) is 11.6. The third kappa shape index (κ3) is 4.33. The van der Waals surface area contributed by atoms with Gasteiger partial charge in [-0.1, -0.05) is 107 Å². The summed E-state index contributed by atoms with van der Waals surface area (Å²) in [4.78, 5) is 6.02. The lowest BCUT2D eigenvalue weighted by Gasteiger charge is -2.25. The van der Waals surface area contributed by atoms with Gasteiger partial charge >= 0.3 is 0 Å². The molecule has 0 radical (unpaired) electrons. The molecule has 0 aliphatic heterocycles. The van der Waals surface area contributed by atoms with Gasteiger partial charge in [0.05, 0.1) is 16.6 Å². The third-order valence-electron chi connectivity index (χ3n) is 8.94. The van der Waals surface area contributed by atoms with Crippen LogP contribution in [0.25, 0.3) is 60.4 Å². The summed E-state index contributed by atoms with van der Waals surface area (Å²) in [5.74, 6) is 0. The molecular formula is C42H28BrN3. The number of hydrogen-bond donors (Lipinski definition) is 1. The van der Waals surface area contributed by atoms with Gasteiger partial charge in [0.15, 0.2) is 0 Å². The van der Waals surface area contributed by atoms with E-state index >= 15 is 0 Å². The van der Waals surface area contributed by atoms with Gasteiger partial charge in [-0.15, -0.1) is 0 Å². The first-order valence-corrected chi connectivity index (χ1v) is 16.3. The molecule has 3 nitrogen and oxygen atoms in total. The van der Waals surface area contributed by atoms with Crippen molar-refractivity contribution in [2.24, 2.45) is 0 Å². The van der Waals surface area contributed by atoms with Crippen molar-refractivity contribution in [3.8, 4) is 16.8 Å². The standard InChI is InChI=1S/C42H28BrN3/c43-29-24-28(34-18-11-19-37-35-16-7-9-20-39(35)44-42(34)37)25-33(26-29)46-40-21-10-8-17-36(40)38-27-32(22-23-41(38)46)45(30-12-3-1-4-13-30)31-14-5-2-6-15-31/h1-27,44H. The Morgan fingerprint density at radius 3 is 1.91 bits per heavy atom. The van der Waals surface area contributed by atoms with E-state index in [1.165, 1.54) is 38.1 Å². The summed E-state index contributed by atoms with van der Waals surface area (Å²) in [5, 5.41) is 4.91. The highest BCUT2D eigenvalue weighted by Gasteiger charge is 2.18. The Balaban J connectivity index is 1.25. The van der Waals surface area contributed by atoms with Crippen LogP contribution in [0.15, 0.2) is 168 Å². The molecule has 1 N–H and O–H groups in total. The van der Waals surface area contributed by atoms with Gasteiger partial charge in [0.1, 0.15) is 0 Å². The third-order valence-corrected chi connectivity index (χ3v) is 9.39. The van der Waals surface area contributed by atoms with Crippen LogP contribution in [0.3, 0.4) is 0 Å². The number of nitrogens with zero attached hydrogens (tertiary/aromatic N) is 2. The predicted octanol–water partition coefficient (Wildman–Crippen LogP) is 12.3. The Kier molecular flexibility index (Phi) is 6.29. The Bertz CT molecular complexity index is 2510. The van der Waals surface area contributed by atoms with Crippen LogP contribution in [0, 0.1) is 0 Å². The molecule has 7 aromatic carbocycles.